The first-order valence-electron chi connectivity index (χ1n) is 9.23. The number of benzene rings is 2. The van der Waals surface area contributed by atoms with Gasteiger partial charge in [-0.1, -0.05) is 41.1 Å². The number of aryl methyl sites for hydroxylation is 1. The molecule has 12 heteroatoms. The Morgan fingerprint density at radius 1 is 1.19 bits per heavy atom. The number of amidine groups is 1. The zero-order chi connectivity index (χ0) is 23.6. The van der Waals surface area contributed by atoms with Crippen molar-refractivity contribution in [3.05, 3.63) is 52.5 Å². The smallest absolute Gasteiger partial charge is 0.339 e. The zero-order valence-electron chi connectivity index (χ0n) is 17.6. The molecule has 0 aromatic heterocycles. The molecule has 1 unspecified atom stereocenters. The van der Waals surface area contributed by atoms with Crippen LogP contribution in [0, 0.1) is 6.92 Å². The summed E-state index contributed by atoms with van der Waals surface area (Å²) in [5, 5.41) is 7.41. The van der Waals surface area contributed by atoms with E-state index in [0.717, 1.165) is 17.3 Å². The second kappa shape index (κ2) is 9.39. The molecule has 1 N–H and O–H groups in total. The van der Waals surface area contributed by atoms with E-state index >= 15 is 0 Å². The lowest BCUT2D eigenvalue weighted by Crippen LogP contribution is -2.25. The second-order valence-electron chi connectivity index (χ2n) is 6.80. The minimum absolute atomic E-state index is 0.0345. The number of rotatable bonds is 5. The average molecular weight is 498 g/mol. The van der Waals surface area contributed by atoms with Gasteiger partial charge in [0.1, 0.15) is 10.3 Å². The van der Waals surface area contributed by atoms with Crippen LogP contribution in [0.4, 0.5) is 0 Å². The Bertz CT molecular complexity index is 1200. The Morgan fingerprint density at radius 2 is 1.84 bits per heavy atom. The number of hydrazone groups is 1. The Hall–Kier alpha value is -2.76. The van der Waals surface area contributed by atoms with E-state index in [1.165, 1.54) is 50.2 Å². The minimum Gasteiger partial charge on any atom is -0.493 e. The molecule has 0 radical (unpaired) electrons. The van der Waals surface area contributed by atoms with Crippen molar-refractivity contribution in [2.75, 3.05) is 7.11 Å². The molecule has 0 spiro atoms. The van der Waals surface area contributed by atoms with Gasteiger partial charge in [-0.2, -0.15) is 8.42 Å². The molecule has 0 saturated heterocycles. The van der Waals surface area contributed by atoms with Crippen LogP contribution in [0.1, 0.15) is 30.3 Å². The van der Waals surface area contributed by atoms with Crippen LogP contribution in [0.25, 0.3) is 0 Å². The summed E-state index contributed by atoms with van der Waals surface area (Å²) in [6.07, 6.45) is 0. The topological polar surface area (TPSA) is 114 Å². The second-order valence-corrected chi connectivity index (χ2v) is 9.83. The Balaban J connectivity index is 1.95. The number of methoxy groups -OCH3 is 1. The third-order valence-corrected chi connectivity index (χ3v) is 6.91. The number of nitrogens with zero attached hydrogens (tertiary/aromatic N) is 2. The third-order valence-electron chi connectivity index (χ3n) is 4.29. The molecular formula is C20H20ClN3O6S2. The number of halogens is 1. The summed E-state index contributed by atoms with van der Waals surface area (Å²) in [6.45, 7) is 4.50. The highest BCUT2D eigenvalue weighted by Crippen LogP contribution is 2.45. The molecule has 0 bridgehead atoms. The highest BCUT2D eigenvalue weighted by Gasteiger charge is 2.34. The van der Waals surface area contributed by atoms with Gasteiger partial charge in [0.05, 0.1) is 12.1 Å². The minimum atomic E-state index is -4.17. The van der Waals surface area contributed by atoms with Gasteiger partial charge in [0.2, 0.25) is 17.6 Å². The van der Waals surface area contributed by atoms with Gasteiger partial charge >= 0.3 is 10.1 Å². The standard InChI is InChI=1S/C20H20ClN3O6S2/c1-11-5-7-15(8-6-11)32(27,28)30-18-16(21)9-14(10-17(18)29-4)19-24(13(3)26)23-20(31-19)22-12(2)25/h5-10,19H,1-4H3,(H,22,23,25). The van der Waals surface area contributed by atoms with Gasteiger partial charge in [-0.3, -0.25) is 9.59 Å². The lowest BCUT2D eigenvalue weighted by molar-refractivity contribution is -0.129. The summed E-state index contributed by atoms with van der Waals surface area (Å²) in [6, 6.07) is 9.13. The van der Waals surface area contributed by atoms with E-state index in [-0.39, 0.29) is 38.4 Å². The summed E-state index contributed by atoms with van der Waals surface area (Å²) >= 11 is 7.49. The first kappa shape index (κ1) is 23.9. The number of hydrogen-bond acceptors (Lipinski definition) is 8. The van der Waals surface area contributed by atoms with E-state index < -0.39 is 15.5 Å². The molecule has 1 aliphatic rings. The maximum atomic E-state index is 12.7. The lowest BCUT2D eigenvalue weighted by Gasteiger charge is -2.21. The van der Waals surface area contributed by atoms with Crippen molar-refractivity contribution in [2.24, 2.45) is 5.10 Å². The largest absolute Gasteiger partial charge is 0.493 e. The number of nitrogens with one attached hydrogen (secondary N) is 1. The fourth-order valence-corrected chi connectivity index (χ4v) is 5.18. The van der Waals surface area contributed by atoms with Crippen molar-refractivity contribution in [1.29, 1.82) is 0 Å². The van der Waals surface area contributed by atoms with E-state index in [9.17, 15) is 18.0 Å². The van der Waals surface area contributed by atoms with Gasteiger partial charge in [-0.25, -0.2) is 5.01 Å². The van der Waals surface area contributed by atoms with Crippen molar-refractivity contribution in [1.82, 2.24) is 10.3 Å². The van der Waals surface area contributed by atoms with Crippen LogP contribution >= 0.6 is 23.4 Å². The molecule has 32 heavy (non-hydrogen) atoms. The van der Waals surface area contributed by atoms with Crippen LogP contribution in [-0.2, 0) is 19.7 Å². The number of thioether (sulfide) groups is 1. The first-order valence-corrected chi connectivity index (χ1v) is 11.9. The predicted octanol–water partition coefficient (Wildman–Crippen LogP) is 3.43. The number of carbonyl (C=O) groups is 2. The van der Waals surface area contributed by atoms with Crippen molar-refractivity contribution in [3.8, 4) is 11.5 Å². The molecule has 2 amide bonds. The van der Waals surface area contributed by atoms with Crippen LogP contribution in [0.5, 0.6) is 11.5 Å². The molecule has 3 rings (SSSR count). The molecular weight excluding hydrogens is 478 g/mol. The molecule has 1 aliphatic heterocycles. The summed E-state index contributed by atoms with van der Waals surface area (Å²) in [7, 11) is -2.83. The molecule has 9 nitrogen and oxygen atoms in total. The lowest BCUT2D eigenvalue weighted by atomic mass is 10.2. The van der Waals surface area contributed by atoms with Gasteiger partial charge < -0.3 is 14.2 Å². The summed E-state index contributed by atoms with van der Waals surface area (Å²) in [5.41, 5.74) is 1.39. The van der Waals surface area contributed by atoms with Gasteiger partial charge in [0.25, 0.3) is 0 Å². The van der Waals surface area contributed by atoms with Crippen LogP contribution in [0.15, 0.2) is 46.4 Å². The maximum Gasteiger partial charge on any atom is 0.339 e. The number of hydrogen-bond donors (Lipinski definition) is 1. The van der Waals surface area contributed by atoms with Crippen LogP contribution < -0.4 is 14.2 Å². The predicted molar refractivity (Wildman–Crippen MR) is 121 cm³/mol. The zero-order valence-corrected chi connectivity index (χ0v) is 20.0. The van der Waals surface area contributed by atoms with E-state index in [2.05, 4.69) is 10.4 Å². The summed E-state index contributed by atoms with van der Waals surface area (Å²) in [4.78, 5) is 23.4. The third kappa shape index (κ3) is 5.17. The Labute approximate surface area is 194 Å². The van der Waals surface area contributed by atoms with Gasteiger partial charge in [-0.05, 0) is 36.8 Å². The summed E-state index contributed by atoms with van der Waals surface area (Å²) < 4.78 is 36.0. The van der Waals surface area contributed by atoms with E-state index in [1.54, 1.807) is 12.1 Å². The first-order chi connectivity index (χ1) is 15.0. The van der Waals surface area contributed by atoms with Gasteiger partial charge in [-0.15, -0.1) is 5.10 Å². The van der Waals surface area contributed by atoms with Crippen molar-refractivity contribution < 1.29 is 26.9 Å². The number of ether oxygens (including phenoxy) is 1. The van der Waals surface area contributed by atoms with Crippen LogP contribution in [-0.4, -0.2) is 37.5 Å². The molecule has 0 fully saturated rings. The van der Waals surface area contributed by atoms with Crippen LogP contribution in [0.2, 0.25) is 5.02 Å². The van der Waals surface area contributed by atoms with E-state index in [1.807, 2.05) is 6.92 Å². The average Bonchev–Trinajstić information content (AvgIpc) is 3.13. The highest BCUT2D eigenvalue weighted by atomic mass is 35.5. The molecule has 0 saturated carbocycles. The van der Waals surface area contributed by atoms with Crippen molar-refractivity contribution in [3.63, 3.8) is 0 Å². The fraction of sp³-hybridized carbons (Fsp3) is 0.250. The normalized spacial score (nSPS) is 15.8. The maximum absolute atomic E-state index is 12.7. The summed E-state index contributed by atoms with van der Waals surface area (Å²) in [5.74, 6) is -0.819. The van der Waals surface area contributed by atoms with E-state index in [0.29, 0.717) is 5.56 Å². The van der Waals surface area contributed by atoms with Gasteiger partial charge in [0, 0.05) is 13.8 Å². The van der Waals surface area contributed by atoms with Gasteiger partial charge in [0.15, 0.2) is 10.9 Å². The SMILES string of the molecule is COc1cc(C2SC(NC(C)=O)=NN2C(C)=O)cc(Cl)c1OS(=O)(=O)c1ccc(C)cc1. The number of carbonyl (C=O) groups excluding carboxylic acids is 2. The molecule has 1 atom stereocenters. The van der Waals surface area contributed by atoms with Crippen LogP contribution in [0.3, 0.4) is 0 Å². The number of amides is 2. The molecule has 0 aliphatic carbocycles. The van der Waals surface area contributed by atoms with E-state index in [4.69, 9.17) is 20.5 Å². The molecule has 1 heterocycles. The van der Waals surface area contributed by atoms with Crippen molar-refractivity contribution >= 4 is 50.5 Å². The molecule has 2 aromatic carbocycles. The quantitative estimate of drug-likeness (QED) is 0.629. The Morgan fingerprint density at radius 3 is 2.41 bits per heavy atom. The monoisotopic (exact) mass is 497 g/mol. The molecule has 170 valence electrons. The molecule has 2 aromatic rings. The fourth-order valence-electron chi connectivity index (χ4n) is 2.81. The highest BCUT2D eigenvalue weighted by molar-refractivity contribution is 8.14. The van der Waals surface area contributed by atoms with Crippen molar-refractivity contribution in [2.45, 2.75) is 31.0 Å². The Kier molecular flexibility index (Phi) is 7.01.